The average Bonchev–Trinajstić information content (AvgIpc) is 3.53. The fourth-order valence-corrected chi connectivity index (χ4v) is 5.55. The van der Waals surface area contributed by atoms with Crippen molar-refractivity contribution in [1.29, 1.82) is 0 Å². The molecule has 10 heteroatoms. The molecule has 5 rings (SSSR count). The summed E-state index contributed by atoms with van der Waals surface area (Å²) >= 11 is 18.7. The van der Waals surface area contributed by atoms with Crippen LogP contribution in [0.1, 0.15) is 44.2 Å². The van der Waals surface area contributed by atoms with Crippen molar-refractivity contribution in [3.63, 3.8) is 0 Å². The zero-order chi connectivity index (χ0) is 28.6. The highest BCUT2D eigenvalue weighted by Crippen LogP contribution is 2.44. The normalized spacial score (nSPS) is 17.1. The molecule has 0 unspecified atom stereocenters. The summed E-state index contributed by atoms with van der Waals surface area (Å²) in [6.07, 6.45) is 3.73. The molecule has 1 saturated heterocycles. The molecule has 2 atom stereocenters. The molecule has 3 heterocycles. The van der Waals surface area contributed by atoms with E-state index in [4.69, 9.17) is 40.2 Å². The number of nitrogens with zero attached hydrogens (tertiary/aromatic N) is 3. The van der Waals surface area contributed by atoms with E-state index in [-0.39, 0.29) is 18.0 Å². The van der Waals surface area contributed by atoms with Gasteiger partial charge in [0.05, 0.1) is 35.2 Å². The van der Waals surface area contributed by atoms with Crippen LogP contribution >= 0.6 is 35.4 Å². The molecule has 2 N–H and O–H groups in total. The first kappa shape index (κ1) is 28.0. The summed E-state index contributed by atoms with van der Waals surface area (Å²) in [5.74, 6) is 0.414. The van der Waals surface area contributed by atoms with E-state index in [2.05, 4.69) is 15.6 Å². The molecular formula is C30H29Cl2N5O2S. The van der Waals surface area contributed by atoms with Crippen molar-refractivity contribution in [3.8, 4) is 11.4 Å². The quantitative estimate of drug-likeness (QED) is 0.228. The van der Waals surface area contributed by atoms with Gasteiger partial charge in [-0.1, -0.05) is 50.0 Å². The number of ether oxygens (including phenoxy) is 1. The summed E-state index contributed by atoms with van der Waals surface area (Å²) in [4.78, 5) is 19.4. The second-order valence-electron chi connectivity index (χ2n) is 10.5. The van der Waals surface area contributed by atoms with Crippen molar-refractivity contribution in [2.45, 2.75) is 32.9 Å². The Balaban J connectivity index is 1.62. The van der Waals surface area contributed by atoms with Gasteiger partial charge in [-0.15, -0.1) is 0 Å². The van der Waals surface area contributed by atoms with Crippen LogP contribution in [-0.2, 0) is 4.79 Å². The number of hydrogen-bond acceptors (Lipinski definition) is 4. The van der Waals surface area contributed by atoms with Gasteiger partial charge < -0.3 is 24.8 Å². The van der Waals surface area contributed by atoms with E-state index in [0.29, 0.717) is 26.6 Å². The first-order chi connectivity index (χ1) is 19.1. The Morgan fingerprint density at radius 1 is 1.07 bits per heavy atom. The van der Waals surface area contributed by atoms with Crippen LogP contribution in [0.2, 0.25) is 10.0 Å². The molecule has 0 saturated carbocycles. The van der Waals surface area contributed by atoms with E-state index in [1.807, 2.05) is 97.1 Å². The first-order valence-electron chi connectivity index (χ1n) is 12.7. The number of rotatable bonds is 6. The summed E-state index contributed by atoms with van der Waals surface area (Å²) in [6.45, 7) is 5.59. The second-order valence-corrected chi connectivity index (χ2v) is 11.7. The maximum Gasteiger partial charge on any atom is 0.229 e. The predicted molar refractivity (Wildman–Crippen MR) is 165 cm³/mol. The minimum absolute atomic E-state index is 0.109. The fourth-order valence-electron chi connectivity index (χ4n) is 4.71. The number of anilines is 2. The largest absolute Gasteiger partial charge is 0.494 e. The van der Waals surface area contributed by atoms with Gasteiger partial charge >= 0.3 is 0 Å². The van der Waals surface area contributed by atoms with E-state index in [9.17, 15) is 4.79 Å². The summed E-state index contributed by atoms with van der Waals surface area (Å²) in [6, 6.07) is 20.3. The minimum atomic E-state index is -0.556. The van der Waals surface area contributed by atoms with Gasteiger partial charge in [-0.05, 0) is 66.8 Å². The third kappa shape index (κ3) is 5.39. The molecule has 0 bridgehead atoms. The molecule has 1 fully saturated rings. The number of carbonyl (C=O) groups excluding carboxylic acids is 1. The average molecular weight is 595 g/mol. The third-order valence-electron chi connectivity index (χ3n) is 6.74. The van der Waals surface area contributed by atoms with Crippen molar-refractivity contribution in [2.75, 3.05) is 17.3 Å². The molecule has 7 nitrogen and oxygen atoms in total. The first-order valence-corrected chi connectivity index (χ1v) is 13.9. The summed E-state index contributed by atoms with van der Waals surface area (Å²) in [5, 5.41) is 8.07. The summed E-state index contributed by atoms with van der Waals surface area (Å²) in [7, 11) is 1.58. The molecule has 1 aliphatic rings. The second kappa shape index (κ2) is 11.1. The molecule has 40 heavy (non-hydrogen) atoms. The third-order valence-corrected chi connectivity index (χ3v) is 7.60. The van der Waals surface area contributed by atoms with Crippen LogP contribution < -0.4 is 20.3 Å². The molecule has 4 aromatic rings. The van der Waals surface area contributed by atoms with Gasteiger partial charge in [-0.2, -0.15) is 0 Å². The van der Waals surface area contributed by atoms with Crippen LogP contribution in [-0.4, -0.2) is 27.7 Å². The Morgan fingerprint density at radius 2 is 1.88 bits per heavy atom. The van der Waals surface area contributed by atoms with Gasteiger partial charge in [-0.25, -0.2) is 0 Å². The van der Waals surface area contributed by atoms with Crippen LogP contribution in [0.4, 0.5) is 11.4 Å². The van der Waals surface area contributed by atoms with Crippen molar-refractivity contribution >= 4 is 57.8 Å². The van der Waals surface area contributed by atoms with E-state index in [0.717, 1.165) is 22.8 Å². The van der Waals surface area contributed by atoms with Crippen LogP contribution in [0, 0.1) is 5.41 Å². The molecule has 206 valence electrons. The van der Waals surface area contributed by atoms with Gasteiger partial charge in [0.15, 0.2) is 5.11 Å². The maximum absolute atomic E-state index is 12.7. The zero-order valence-electron chi connectivity index (χ0n) is 22.5. The molecule has 2 aromatic heterocycles. The standard InChI is InChI=1S/C30H29Cl2N5O2S/c1-30(2,3)28(38)34-21-12-11-19(17-25(21)39-4)37-27(26(35-29(37)40)22-8-5-6-14-33-22)24-9-7-15-36(24)23-13-10-18(31)16-20(23)32/h5-17,26-27H,1-4H3,(H,34,38)(H,35,40)/t26-,27+/m0/s1. The van der Waals surface area contributed by atoms with Gasteiger partial charge in [0.25, 0.3) is 0 Å². The van der Waals surface area contributed by atoms with Gasteiger partial charge in [0, 0.05) is 40.3 Å². The van der Waals surface area contributed by atoms with Crippen LogP contribution in [0.5, 0.6) is 5.75 Å². The lowest BCUT2D eigenvalue weighted by Gasteiger charge is -2.29. The van der Waals surface area contributed by atoms with E-state index in [1.54, 1.807) is 19.4 Å². The SMILES string of the molecule is COc1cc(N2C(=S)N[C@@H](c3ccccn3)[C@H]2c2cccn2-c2ccc(Cl)cc2Cl)ccc1NC(=O)C(C)(C)C. The maximum atomic E-state index is 12.7. The highest BCUT2D eigenvalue weighted by atomic mass is 35.5. The lowest BCUT2D eigenvalue weighted by Crippen LogP contribution is -2.30. The van der Waals surface area contributed by atoms with E-state index in [1.165, 1.54) is 0 Å². The monoisotopic (exact) mass is 593 g/mol. The molecule has 0 radical (unpaired) electrons. The number of hydrogen-bond donors (Lipinski definition) is 2. The van der Waals surface area contributed by atoms with Crippen molar-refractivity contribution in [3.05, 3.63) is 101 Å². The fraction of sp³-hybridized carbons (Fsp3) is 0.233. The molecule has 0 spiro atoms. The topological polar surface area (TPSA) is 71.4 Å². The Kier molecular flexibility index (Phi) is 7.77. The van der Waals surface area contributed by atoms with E-state index >= 15 is 0 Å². The van der Waals surface area contributed by atoms with Crippen LogP contribution in [0.25, 0.3) is 5.69 Å². The van der Waals surface area contributed by atoms with Gasteiger partial charge in [0.1, 0.15) is 11.8 Å². The minimum Gasteiger partial charge on any atom is -0.494 e. The lowest BCUT2D eigenvalue weighted by atomic mass is 9.95. The predicted octanol–water partition coefficient (Wildman–Crippen LogP) is 7.35. The summed E-state index contributed by atoms with van der Waals surface area (Å²) in [5.41, 5.74) is 3.39. The molecule has 1 amide bonds. The molecule has 0 aliphatic carbocycles. The Labute approximate surface area is 249 Å². The van der Waals surface area contributed by atoms with Crippen molar-refractivity contribution in [2.24, 2.45) is 5.41 Å². The smallest absolute Gasteiger partial charge is 0.229 e. The van der Waals surface area contributed by atoms with Crippen LogP contribution in [0.3, 0.4) is 0 Å². The number of aromatic nitrogens is 2. The number of nitrogens with one attached hydrogen (secondary N) is 2. The van der Waals surface area contributed by atoms with Crippen LogP contribution in [0.15, 0.2) is 79.1 Å². The molecule has 2 aromatic carbocycles. The van der Waals surface area contributed by atoms with E-state index < -0.39 is 5.41 Å². The Hall–Kier alpha value is -3.59. The molecule has 1 aliphatic heterocycles. The molecular weight excluding hydrogens is 565 g/mol. The lowest BCUT2D eigenvalue weighted by molar-refractivity contribution is -0.123. The Morgan fingerprint density at radius 3 is 2.55 bits per heavy atom. The van der Waals surface area contributed by atoms with Gasteiger partial charge in [0.2, 0.25) is 5.91 Å². The Bertz CT molecular complexity index is 1570. The number of amides is 1. The summed E-state index contributed by atoms with van der Waals surface area (Å²) < 4.78 is 7.74. The highest BCUT2D eigenvalue weighted by molar-refractivity contribution is 7.80. The number of pyridine rings is 1. The number of benzene rings is 2. The van der Waals surface area contributed by atoms with Crippen molar-refractivity contribution < 1.29 is 9.53 Å². The van der Waals surface area contributed by atoms with Gasteiger partial charge in [-0.3, -0.25) is 9.78 Å². The number of halogens is 2. The zero-order valence-corrected chi connectivity index (χ0v) is 24.8. The number of thiocarbonyl (C=S) groups is 1. The van der Waals surface area contributed by atoms with Crippen molar-refractivity contribution in [1.82, 2.24) is 14.9 Å². The highest BCUT2D eigenvalue weighted by Gasteiger charge is 2.42. The number of methoxy groups -OCH3 is 1. The number of carbonyl (C=O) groups is 1.